The number of hydrogen-bond acceptors (Lipinski definition) is 4. The highest BCUT2D eigenvalue weighted by Crippen LogP contribution is 2.22. The van der Waals surface area contributed by atoms with Gasteiger partial charge in [0.15, 0.2) is 0 Å². The van der Waals surface area contributed by atoms with Crippen molar-refractivity contribution in [3.8, 4) is 0 Å². The predicted octanol–water partition coefficient (Wildman–Crippen LogP) is 3.35. The van der Waals surface area contributed by atoms with E-state index in [1.165, 1.54) is 28.6 Å². The molecule has 1 amide bonds. The second kappa shape index (κ2) is 10.1. The lowest BCUT2D eigenvalue weighted by atomic mass is 10.2. The molecule has 0 N–H and O–H groups in total. The fourth-order valence-corrected chi connectivity index (χ4v) is 5.10. The van der Waals surface area contributed by atoms with Gasteiger partial charge in [-0.2, -0.15) is 4.31 Å². The lowest BCUT2D eigenvalue weighted by molar-refractivity contribution is -0.133. The molecule has 6 nitrogen and oxygen atoms in total. The molecule has 1 saturated heterocycles. The van der Waals surface area contributed by atoms with Gasteiger partial charge in [-0.15, -0.1) is 0 Å². The number of amides is 1. The Bertz CT molecular complexity index is 975. The fourth-order valence-electron chi connectivity index (χ4n) is 3.38. The van der Waals surface area contributed by atoms with Crippen LogP contribution in [0.5, 0.6) is 0 Å². The molecule has 3 rings (SSSR count). The van der Waals surface area contributed by atoms with Gasteiger partial charge < -0.3 is 9.80 Å². The maximum Gasteiger partial charge on any atom is 0.243 e. The molecular weight excluding hydrogens is 445 g/mol. The zero-order valence-electron chi connectivity index (χ0n) is 16.8. The normalized spacial score (nSPS) is 15.5. The molecule has 0 saturated carbocycles. The Morgan fingerprint density at radius 3 is 2.27 bits per heavy atom. The number of likely N-dealkylation sites (N-methyl/N-ethyl adjacent to an activating group) is 1. The number of halogens is 2. The molecule has 0 aromatic heterocycles. The minimum absolute atomic E-state index is 0.0478. The summed E-state index contributed by atoms with van der Waals surface area (Å²) >= 11 is 12.0. The van der Waals surface area contributed by atoms with Crippen LogP contribution in [0.25, 0.3) is 0 Å². The van der Waals surface area contributed by atoms with E-state index in [1.54, 1.807) is 29.2 Å². The molecule has 162 valence electrons. The first-order chi connectivity index (χ1) is 14.3. The van der Waals surface area contributed by atoms with Crippen molar-refractivity contribution in [2.45, 2.75) is 18.4 Å². The lowest BCUT2D eigenvalue weighted by Gasteiger charge is -2.35. The average Bonchev–Trinajstić information content (AvgIpc) is 2.73. The van der Waals surface area contributed by atoms with E-state index in [-0.39, 0.29) is 23.9 Å². The molecular formula is C21H25Cl2N3O3S. The molecule has 1 fully saturated rings. The third kappa shape index (κ3) is 5.74. The molecule has 9 heteroatoms. The van der Waals surface area contributed by atoms with Gasteiger partial charge in [-0.05, 0) is 48.5 Å². The summed E-state index contributed by atoms with van der Waals surface area (Å²) in [4.78, 5) is 17.0. The quantitative estimate of drug-likeness (QED) is 0.623. The van der Waals surface area contributed by atoms with Gasteiger partial charge in [0.1, 0.15) is 0 Å². The van der Waals surface area contributed by atoms with Crippen LogP contribution in [0.1, 0.15) is 12.5 Å². The Kier molecular flexibility index (Phi) is 7.76. The fraction of sp³-hybridized carbons (Fsp3) is 0.381. The number of benzene rings is 2. The lowest BCUT2D eigenvalue weighted by Crippen LogP contribution is -2.51. The van der Waals surface area contributed by atoms with E-state index in [0.717, 1.165) is 19.6 Å². The highest BCUT2D eigenvalue weighted by Gasteiger charge is 2.30. The van der Waals surface area contributed by atoms with Crippen LogP contribution in [0, 0.1) is 0 Å². The van der Waals surface area contributed by atoms with Crippen LogP contribution in [-0.4, -0.2) is 67.7 Å². The molecule has 30 heavy (non-hydrogen) atoms. The monoisotopic (exact) mass is 469 g/mol. The van der Waals surface area contributed by atoms with E-state index >= 15 is 0 Å². The predicted molar refractivity (Wildman–Crippen MR) is 119 cm³/mol. The highest BCUT2D eigenvalue weighted by atomic mass is 35.5. The van der Waals surface area contributed by atoms with Crippen molar-refractivity contribution in [2.24, 2.45) is 0 Å². The first-order valence-electron chi connectivity index (χ1n) is 9.80. The van der Waals surface area contributed by atoms with Crippen LogP contribution >= 0.6 is 23.2 Å². The minimum atomic E-state index is -3.90. The van der Waals surface area contributed by atoms with Crippen molar-refractivity contribution < 1.29 is 13.2 Å². The Labute approximate surface area is 188 Å². The van der Waals surface area contributed by atoms with Crippen molar-refractivity contribution in [3.63, 3.8) is 0 Å². The average molecular weight is 470 g/mol. The van der Waals surface area contributed by atoms with Crippen molar-refractivity contribution in [1.82, 2.24) is 14.1 Å². The van der Waals surface area contributed by atoms with Crippen LogP contribution in [-0.2, 0) is 21.4 Å². The zero-order valence-corrected chi connectivity index (χ0v) is 19.1. The van der Waals surface area contributed by atoms with Crippen molar-refractivity contribution in [1.29, 1.82) is 0 Å². The highest BCUT2D eigenvalue weighted by molar-refractivity contribution is 7.89. The second-order valence-corrected chi connectivity index (χ2v) is 9.98. The summed E-state index contributed by atoms with van der Waals surface area (Å²) in [5.41, 5.74) is 0.712. The van der Waals surface area contributed by atoms with Gasteiger partial charge in [0.25, 0.3) is 0 Å². The molecule has 1 heterocycles. The van der Waals surface area contributed by atoms with E-state index in [2.05, 4.69) is 11.8 Å². The van der Waals surface area contributed by atoms with Crippen LogP contribution in [0.15, 0.2) is 53.4 Å². The minimum Gasteiger partial charge on any atom is -0.339 e. The van der Waals surface area contributed by atoms with E-state index < -0.39 is 10.0 Å². The Balaban J connectivity index is 1.83. The largest absolute Gasteiger partial charge is 0.339 e. The first kappa shape index (κ1) is 23.0. The van der Waals surface area contributed by atoms with Gasteiger partial charge in [0.05, 0.1) is 11.4 Å². The Hall–Kier alpha value is -1.64. The maximum atomic E-state index is 13.3. The van der Waals surface area contributed by atoms with Crippen LogP contribution < -0.4 is 0 Å². The summed E-state index contributed by atoms with van der Waals surface area (Å²) in [5.74, 6) is -0.203. The van der Waals surface area contributed by atoms with E-state index in [0.29, 0.717) is 28.7 Å². The summed E-state index contributed by atoms with van der Waals surface area (Å²) in [5, 5.41) is 0.957. The molecule has 0 spiro atoms. The molecule has 2 aromatic carbocycles. The van der Waals surface area contributed by atoms with Crippen LogP contribution in [0.2, 0.25) is 10.0 Å². The molecule has 1 aliphatic heterocycles. The van der Waals surface area contributed by atoms with E-state index in [4.69, 9.17) is 23.2 Å². The van der Waals surface area contributed by atoms with Crippen molar-refractivity contribution >= 4 is 39.1 Å². The number of sulfonamides is 1. The van der Waals surface area contributed by atoms with Crippen molar-refractivity contribution in [3.05, 3.63) is 64.1 Å². The van der Waals surface area contributed by atoms with Gasteiger partial charge in [-0.1, -0.05) is 42.3 Å². The molecule has 0 radical (unpaired) electrons. The van der Waals surface area contributed by atoms with Gasteiger partial charge in [-0.3, -0.25) is 4.79 Å². The molecule has 0 bridgehead atoms. The number of nitrogens with zero attached hydrogens (tertiary/aromatic N) is 3. The van der Waals surface area contributed by atoms with Crippen LogP contribution in [0.3, 0.4) is 0 Å². The van der Waals surface area contributed by atoms with Gasteiger partial charge in [0.2, 0.25) is 15.9 Å². The molecule has 0 unspecified atom stereocenters. The van der Waals surface area contributed by atoms with Crippen molar-refractivity contribution in [2.75, 3.05) is 39.3 Å². The Morgan fingerprint density at radius 2 is 1.67 bits per heavy atom. The number of carbonyl (C=O) groups is 1. The molecule has 1 aliphatic rings. The van der Waals surface area contributed by atoms with E-state index in [9.17, 15) is 13.2 Å². The maximum absolute atomic E-state index is 13.3. The summed E-state index contributed by atoms with van der Waals surface area (Å²) in [6, 6.07) is 12.9. The zero-order chi connectivity index (χ0) is 21.7. The summed E-state index contributed by atoms with van der Waals surface area (Å²) in [6.07, 6.45) is 0. The first-order valence-corrected chi connectivity index (χ1v) is 12.0. The standard InChI is InChI=1S/C21H25Cl2N3O3S/c1-2-24-10-12-25(13-11-24)21(27)16-26(15-17-4-3-5-19(23)14-17)30(28,29)20-8-6-18(22)7-9-20/h3-9,14H,2,10-13,15-16H2,1H3. The van der Waals surface area contributed by atoms with Crippen LogP contribution in [0.4, 0.5) is 0 Å². The number of piperazine rings is 1. The summed E-state index contributed by atoms with van der Waals surface area (Å²) in [7, 11) is -3.90. The third-order valence-corrected chi connectivity index (χ3v) is 7.48. The van der Waals surface area contributed by atoms with Gasteiger partial charge >= 0.3 is 0 Å². The number of hydrogen-bond donors (Lipinski definition) is 0. The van der Waals surface area contributed by atoms with Gasteiger partial charge in [-0.25, -0.2) is 8.42 Å². The molecule has 0 aliphatic carbocycles. The molecule has 2 aromatic rings. The molecule has 0 atom stereocenters. The summed E-state index contributed by atoms with van der Waals surface area (Å²) < 4.78 is 27.8. The number of rotatable bonds is 7. The summed E-state index contributed by atoms with van der Waals surface area (Å²) in [6.45, 7) is 5.62. The smallest absolute Gasteiger partial charge is 0.243 e. The Morgan fingerprint density at radius 1 is 1.00 bits per heavy atom. The third-order valence-electron chi connectivity index (χ3n) is 5.18. The second-order valence-electron chi connectivity index (χ2n) is 7.17. The van der Waals surface area contributed by atoms with E-state index in [1.807, 2.05) is 0 Å². The van der Waals surface area contributed by atoms with Gasteiger partial charge in [0, 0.05) is 42.8 Å². The topological polar surface area (TPSA) is 60.9 Å². The SMILES string of the molecule is CCN1CCN(C(=O)CN(Cc2cccc(Cl)c2)S(=O)(=O)c2ccc(Cl)cc2)CC1. The number of carbonyl (C=O) groups excluding carboxylic acids is 1.